The molecule has 1 unspecified atom stereocenters. The highest BCUT2D eigenvalue weighted by Crippen LogP contribution is 2.28. The molecule has 8 heteroatoms. The van der Waals surface area contributed by atoms with Crippen molar-refractivity contribution in [1.29, 1.82) is 0 Å². The molecule has 2 radical (unpaired) electrons. The fourth-order valence-electron chi connectivity index (χ4n) is 1.99. The number of carbonyl (C=O) groups excluding carboxylic acids is 2. The molecule has 128 valence electrons. The number of thioether (sulfide) groups is 1. The van der Waals surface area contributed by atoms with Gasteiger partial charge in [-0.2, -0.15) is 0 Å². The Kier molecular flexibility index (Phi) is 7.47. The molecular weight excluding hydrogens is 315 g/mol. The molecule has 1 aliphatic heterocycles. The van der Waals surface area contributed by atoms with E-state index in [4.69, 9.17) is 17.5 Å². The second kappa shape index (κ2) is 8.64. The lowest BCUT2D eigenvalue weighted by atomic mass is 10.0. The Morgan fingerprint density at radius 2 is 2.09 bits per heavy atom. The number of ether oxygens (including phenoxy) is 2. The van der Waals surface area contributed by atoms with Gasteiger partial charge in [0.2, 0.25) is 0 Å². The predicted molar refractivity (Wildman–Crippen MR) is 92.3 cm³/mol. The summed E-state index contributed by atoms with van der Waals surface area (Å²) in [6.45, 7) is 6.70. The van der Waals surface area contributed by atoms with Gasteiger partial charge in [-0.15, -0.1) is 11.8 Å². The van der Waals surface area contributed by atoms with E-state index in [1.54, 1.807) is 18.9 Å². The zero-order chi connectivity index (χ0) is 17.6. The second-order valence-corrected chi connectivity index (χ2v) is 7.73. The quantitative estimate of drug-likeness (QED) is 0.337. The van der Waals surface area contributed by atoms with E-state index in [1.165, 1.54) is 22.7 Å². The number of esters is 1. The minimum absolute atomic E-state index is 0.0808. The predicted octanol–water partition coefficient (Wildman–Crippen LogP) is 1.80. The van der Waals surface area contributed by atoms with Crippen molar-refractivity contribution < 1.29 is 19.1 Å². The third kappa shape index (κ3) is 7.79. The van der Waals surface area contributed by atoms with Gasteiger partial charge in [0.05, 0.1) is 0 Å². The maximum Gasteiger partial charge on any atom is 0.410 e. The standard InChI is InChI=1S/C15H25BN2O4S/c1-15(2,3)22-13(19)8-11-9-18(16)7-6-12(11)23-10-21-14(20)17(4)5/h8,12H,6-7,9-10H2,1-5H3/b11-8-. The van der Waals surface area contributed by atoms with E-state index in [9.17, 15) is 9.59 Å². The van der Waals surface area contributed by atoms with Gasteiger partial charge in [-0.05, 0) is 39.3 Å². The molecule has 1 amide bonds. The molecule has 0 saturated carbocycles. The topological polar surface area (TPSA) is 59.1 Å². The van der Waals surface area contributed by atoms with Crippen molar-refractivity contribution in [1.82, 2.24) is 9.71 Å². The third-order valence-corrected chi connectivity index (χ3v) is 4.20. The maximum absolute atomic E-state index is 12.0. The van der Waals surface area contributed by atoms with Gasteiger partial charge in [0.25, 0.3) is 0 Å². The lowest BCUT2D eigenvalue weighted by Crippen LogP contribution is -2.36. The van der Waals surface area contributed by atoms with Crippen molar-refractivity contribution in [2.75, 3.05) is 33.1 Å². The first-order chi connectivity index (χ1) is 10.6. The van der Waals surface area contributed by atoms with E-state index in [1.807, 2.05) is 20.8 Å². The Labute approximate surface area is 144 Å². The van der Waals surface area contributed by atoms with Crippen LogP contribution in [0.1, 0.15) is 27.2 Å². The molecule has 0 N–H and O–H groups in total. The van der Waals surface area contributed by atoms with E-state index in [0.29, 0.717) is 6.54 Å². The molecule has 0 aromatic carbocycles. The Bertz CT molecular complexity index is 463. The lowest BCUT2D eigenvalue weighted by molar-refractivity contribution is -0.148. The van der Waals surface area contributed by atoms with Crippen LogP contribution in [0.25, 0.3) is 0 Å². The van der Waals surface area contributed by atoms with Crippen molar-refractivity contribution in [2.24, 2.45) is 0 Å². The van der Waals surface area contributed by atoms with Crippen molar-refractivity contribution in [3.8, 4) is 0 Å². The molecular formula is C15H25BN2O4S. The number of piperidine rings is 1. The van der Waals surface area contributed by atoms with Crippen LogP contribution in [0.2, 0.25) is 0 Å². The zero-order valence-electron chi connectivity index (χ0n) is 14.5. The van der Waals surface area contributed by atoms with Crippen LogP contribution in [0.4, 0.5) is 4.79 Å². The van der Waals surface area contributed by atoms with Crippen LogP contribution in [-0.2, 0) is 14.3 Å². The monoisotopic (exact) mass is 340 g/mol. The molecule has 0 aromatic heterocycles. The van der Waals surface area contributed by atoms with Gasteiger partial charge in [0, 0.05) is 32.0 Å². The van der Waals surface area contributed by atoms with Crippen LogP contribution >= 0.6 is 11.8 Å². The summed E-state index contributed by atoms with van der Waals surface area (Å²) in [6, 6.07) is 0. The zero-order valence-corrected chi connectivity index (χ0v) is 15.3. The number of carbonyl (C=O) groups is 2. The first-order valence-corrected chi connectivity index (χ1v) is 8.52. The largest absolute Gasteiger partial charge is 0.457 e. The maximum atomic E-state index is 12.0. The summed E-state index contributed by atoms with van der Waals surface area (Å²) in [4.78, 5) is 26.5. The Morgan fingerprint density at radius 3 is 2.65 bits per heavy atom. The summed E-state index contributed by atoms with van der Waals surface area (Å²) in [5, 5.41) is 0.0808. The average molecular weight is 340 g/mol. The molecule has 6 nitrogen and oxygen atoms in total. The van der Waals surface area contributed by atoms with Gasteiger partial charge in [-0.1, -0.05) is 0 Å². The van der Waals surface area contributed by atoms with Crippen molar-refractivity contribution >= 4 is 31.8 Å². The summed E-state index contributed by atoms with van der Waals surface area (Å²) in [5.41, 5.74) is 0.355. The minimum atomic E-state index is -0.533. The highest BCUT2D eigenvalue weighted by Gasteiger charge is 2.24. The minimum Gasteiger partial charge on any atom is -0.457 e. The van der Waals surface area contributed by atoms with Crippen LogP contribution in [-0.4, -0.2) is 73.7 Å². The highest BCUT2D eigenvalue weighted by molar-refractivity contribution is 7.99. The van der Waals surface area contributed by atoms with Gasteiger partial charge in [-0.3, -0.25) is 0 Å². The number of hydrogen-bond donors (Lipinski definition) is 0. The molecule has 1 saturated heterocycles. The highest BCUT2D eigenvalue weighted by atomic mass is 32.2. The number of nitrogens with zero attached hydrogens (tertiary/aromatic N) is 2. The summed E-state index contributed by atoms with van der Waals surface area (Å²) in [5.74, 6) is -0.142. The summed E-state index contributed by atoms with van der Waals surface area (Å²) in [6.07, 6.45) is 1.91. The van der Waals surface area contributed by atoms with E-state index >= 15 is 0 Å². The fourth-order valence-corrected chi connectivity index (χ4v) is 2.95. The molecule has 0 aliphatic carbocycles. The summed E-state index contributed by atoms with van der Waals surface area (Å²) in [7, 11) is 9.11. The second-order valence-electron chi connectivity index (χ2n) is 6.59. The van der Waals surface area contributed by atoms with Crippen molar-refractivity contribution in [3.05, 3.63) is 11.6 Å². The van der Waals surface area contributed by atoms with Gasteiger partial charge in [0.15, 0.2) is 7.98 Å². The normalized spacial score (nSPS) is 21.1. The van der Waals surface area contributed by atoms with Gasteiger partial charge in [-0.25, -0.2) is 9.59 Å². The summed E-state index contributed by atoms with van der Waals surface area (Å²) < 4.78 is 10.5. The lowest BCUT2D eigenvalue weighted by Gasteiger charge is -2.32. The van der Waals surface area contributed by atoms with E-state index < -0.39 is 5.60 Å². The Hall–Kier alpha value is -1.15. The molecule has 1 fully saturated rings. The molecule has 23 heavy (non-hydrogen) atoms. The van der Waals surface area contributed by atoms with Gasteiger partial charge < -0.3 is 19.2 Å². The van der Waals surface area contributed by atoms with Crippen LogP contribution in [0.15, 0.2) is 11.6 Å². The van der Waals surface area contributed by atoms with E-state index in [-0.39, 0.29) is 23.3 Å². The number of hydrogen-bond acceptors (Lipinski definition) is 6. The molecule has 1 rings (SSSR count). The van der Waals surface area contributed by atoms with Crippen molar-refractivity contribution in [2.45, 2.75) is 38.0 Å². The number of amides is 1. The first-order valence-electron chi connectivity index (χ1n) is 7.47. The Morgan fingerprint density at radius 1 is 1.43 bits per heavy atom. The number of rotatable bonds is 4. The molecule has 0 aromatic rings. The molecule has 0 bridgehead atoms. The third-order valence-electron chi connectivity index (χ3n) is 3.00. The van der Waals surface area contributed by atoms with Crippen LogP contribution in [0.3, 0.4) is 0 Å². The molecule has 1 aliphatic rings. The summed E-state index contributed by atoms with van der Waals surface area (Å²) >= 11 is 1.49. The molecule has 0 spiro atoms. The average Bonchev–Trinajstić information content (AvgIpc) is 2.38. The van der Waals surface area contributed by atoms with Gasteiger partial charge >= 0.3 is 12.1 Å². The SMILES string of the molecule is [B]N1CCC(SCOC(=O)N(C)C)/C(=C\C(=O)OC(C)(C)C)C1. The smallest absolute Gasteiger partial charge is 0.410 e. The van der Waals surface area contributed by atoms with Crippen LogP contribution in [0, 0.1) is 0 Å². The van der Waals surface area contributed by atoms with Gasteiger partial charge in [0.1, 0.15) is 11.5 Å². The van der Waals surface area contributed by atoms with Crippen LogP contribution < -0.4 is 0 Å². The molecule has 1 heterocycles. The van der Waals surface area contributed by atoms with E-state index in [0.717, 1.165) is 18.5 Å². The first kappa shape index (κ1) is 19.9. The molecule has 1 atom stereocenters. The fraction of sp³-hybridized carbons (Fsp3) is 0.733. The van der Waals surface area contributed by atoms with Crippen molar-refractivity contribution in [3.63, 3.8) is 0 Å². The van der Waals surface area contributed by atoms with Crippen LogP contribution in [0.5, 0.6) is 0 Å². The Balaban J connectivity index is 2.64. The van der Waals surface area contributed by atoms with E-state index in [2.05, 4.69) is 0 Å².